The van der Waals surface area contributed by atoms with Crippen molar-refractivity contribution < 1.29 is 0 Å². The molecule has 1 aromatic carbocycles. The maximum absolute atomic E-state index is 12.0. The molecule has 1 aliphatic rings. The molecule has 0 amide bonds. The molecule has 0 saturated carbocycles. The molecule has 0 aliphatic carbocycles. The van der Waals surface area contributed by atoms with Gasteiger partial charge < -0.3 is 9.80 Å². The van der Waals surface area contributed by atoms with Gasteiger partial charge in [-0.05, 0) is 35.1 Å². The number of piperazine rings is 1. The minimum absolute atomic E-state index is 0.0783. The van der Waals surface area contributed by atoms with Gasteiger partial charge in [0.25, 0.3) is 0 Å². The zero-order valence-electron chi connectivity index (χ0n) is 9.32. The molecule has 0 atom stereocenters. The second kappa shape index (κ2) is 4.97. The van der Waals surface area contributed by atoms with Gasteiger partial charge in [0, 0.05) is 26.2 Å². The summed E-state index contributed by atoms with van der Waals surface area (Å²) in [6.45, 7) is 3.86. The van der Waals surface area contributed by atoms with Crippen LogP contribution in [0.15, 0.2) is 33.5 Å². The van der Waals surface area contributed by atoms with Gasteiger partial charge in [0.2, 0.25) is 5.43 Å². The van der Waals surface area contributed by atoms with E-state index in [0.29, 0.717) is 4.47 Å². The van der Waals surface area contributed by atoms with Crippen molar-refractivity contribution in [1.82, 2.24) is 4.90 Å². The van der Waals surface area contributed by atoms with E-state index >= 15 is 0 Å². The first kappa shape index (κ1) is 11.6. The van der Waals surface area contributed by atoms with Crippen LogP contribution in [0.1, 0.15) is 0 Å². The van der Waals surface area contributed by atoms with E-state index in [0.717, 1.165) is 31.9 Å². The van der Waals surface area contributed by atoms with E-state index < -0.39 is 0 Å². The average Bonchev–Trinajstić information content (AvgIpc) is 2.44. The van der Waals surface area contributed by atoms with Gasteiger partial charge >= 0.3 is 0 Å². The summed E-state index contributed by atoms with van der Waals surface area (Å²) in [4.78, 5) is 16.5. The molecule has 0 aromatic heterocycles. The molecule has 2 rings (SSSR count). The van der Waals surface area contributed by atoms with Crippen molar-refractivity contribution in [3.63, 3.8) is 0 Å². The Labute approximate surface area is 104 Å². The predicted octanol–water partition coefficient (Wildman–Crippen LogP) is 1.56. The van der Waals surface area contributed by atoms with E-state index in [1.807, 2.05) is 18.2 Å². The molecule has 1 heterocycles. The predicted molar refractivity (Wildman–Crippen MR) is 70.1 cm³/mol. The lowest BCUT2D eigenvalue weighted by molar-refractivity contribution is 0.312. The van der Waals surface area contributed by atoms with E-state index in [-0.39, 0.29) is 5.43 Å². The molecule has 1 fully saturated rings. The van der Waals surface area contributed by atoms with E-state index in [2.05, 4.69) is 32.8 Å². The molecule has 0 spiro atoms. The summed E-state index contributed by atoms with van der Waals surface area (Å²) in [5.41, 5.74) is 0.875. The molecular formula is C12H15BrN2O. The van der Waals surface area contributed by atoms with Crippen molar-refractivity contribution in [2.75, 3.05) is 38.1 Å². The second-order valence-corrected chi connectivity index (χ2v) is 4.93. The van der Waals surface area contributed by atoms with Gasteiger partial charge in [0.15, 0.2) is 0 Å². The number of hydrogen-bond acceptors (Lipinski definition) is 3. The topological polar surface area (TPSA) is 23.6 Å². The largest absolute Gasteiger partial charge is 0.366 e. The summed E-state index contributed by atoms with van der Waals surface area (Å²) in [6, 6.07) is 7.49. The third-order valence-electron chi connectivity index (χ3n) is 2.90. The number of hydrogen-bond donors (Lipinski definition) is 0. The van der Waals surface area contributed by atoms with Crippen LogP contribution in [0.5, 0.6) is 0 Å². The summed E-state index contributed by atoms with van der Waals surface area (Å²) in [7, 11) is 2.11. The maximum atomic E-state index is 12.0. The monoisotopic (exact) mass is 282 g/mol. The van der Waals surface area contributed by atoms with Crippen molar-refractivity contribution in [1.29, 1.82) is 0 Å². The molecule has 0 unspecified atom stereocenters. The fourth-order valence-electron chi connectivity index (χ4n) is 1.86. The first-order chi connectivity index (χ1) is 7.68. The Morgan fingerprint density at radius 2 is 1.75 bits per heavy atom. The fraction of sp³-hybridized carbons (Fsp3) is 0.417. The highest BCUT2D eigenvalue weighted by molar-refractivity contribution is 9.10. The molecule has 3 nitrogen and oxygen atoms in total. The number of anilines is 1. The summed E-state index contributed by atoms with van der Waals surface area (Å²) >= 11 is 3.30. The SMILES string of the molecule is CN1CCN(c2ccccc(Br)c2=O)CC1. The highest BCUT2D eigenvalue weighted by Crippen LogP contribution is 2.13. The van der Waals surface area contributed by atoms with Crippen LogP contribution in [-0.4, -0.2) is 38.1 Å². The molecule has 0 N–H and O–H groups in total. The quantitative estimate of drug-likeness (QED) is 0.781. The van der Waals surface area contributed by atoms with Gasteiger partial charge in [-0.1, -0.05) is 12.1 Å². The third kappa shape index (κ3) is 2.44. The van der Waals surface area contributed by atoms with E-state index in [1.165, 1.54) is 0 Å². The van der Waals surface area contributed by atoms with Crippen molar-refractivity contribution in [2.45, 2.75) is 0 Å². The van der Waals surface area contributed by atoms with Crippen molar-refractivity contribution in [3.05, 3.63) is 39.0 Å². The lowest BCUT2D eigenvalue weighted by atomic mass is 10.3. The van der Waals surface area contributed by atoms with Gasteiger partial charge in [-0.25, -0.2) is 0 Å². The highest BCUT2D eigenvalue weighted by atomic mass is 79.9. The normalized spacial score (nSPS) is 17.5. The number of rotatable bonds is 1. The van der Waals surface area contributed by atoms with Gasteiger partial charge in [-0.15, -0.1) is 0 Å². The third-order valence-corrected chi connectivity index (χ3v) is 3.53. The van der Waals surface area contributed by atoms with E-state index in [9.17, 15) is 4.79 Å². The Morgan fingerprint density at radius 1 is 1.12 bits per heavy atom. The van der Waals surface area contributed by atoms with Gasteiger partial charge in [0.05, 0.1) is 10.2 Å². The van der Waals surface area contributed by atoms with Gasteiger partial charge in [-0.3, -0.25) is 4.79 Å². The number of halogens is 1. The standard InChI is InChI=1S/C12H15BrN2O/c1-14-6-8-15(9-7-14)11-5-3-2-4-10(13)12(11)16/h2-5H,6-9H2,1H3. The van der Waals surface area contributed by atoms with Gasteiger partial charge in [-0.2, -0.15) is 0 Å². The van der Waals surface area contributed by atoms with Crippen LogP contribution in [0.25, 0.3) is 0 Å². The van der Waals surface area contributed by atoms with Crippen LogP contribution in [0.2, 0.25) is 0 Å². The lowest BCUT2D eigenvalue weighted by Crippen LogP contribution is -2.45. The Morgan fingerprint density at radius 3 is 2.44 bits per heavy atom. The summed E-state index contributed by atoms with van der Waals surface area (Å²) in [5.74, 6) is 0. The molecule has 1 saturated heterocycles. The zero-order chi connectivity index (χ0) is 11.5. The van der Waals surface area contributed by atoms with E-state index in [4.69, 9.17) is 0 Å². The first-order valence-electron chi connectivity index (χ1n) is 5.41. The average molecular weight is 283 g/mol. The maximum Gasteiger partial charge on any atom is 0.215 e. The van der Waals surface area contributed by atoms with Crippen LogP contribution in [0, 0.1) is 0 Å². The first-order valence-corrected chi connectivity index (χ1v) is 6.20. The minimum Gasteiger partial charge on any atom is -0.366 e. The van der Waals surface area contributed by atoms with Crippen LogP contribution < -0.4 is 10.3 Å². The summed E-state index contributed by atoms with van der Waals surface area (Å²) < 4.78 is 0.631. The second-order valence-electron chi connectivity index (χ2n) is 4.07. The van der Waals surface area contributed by atoms with E-state index in [1.54, 1.807) is 6.07 Å². The molecule has 0 bridgehead atoms. The van der Waals surface area contributed by atoms with Crippen molar-refractivity contribution in [2.24, 2.45) is 0 Å². The minimum atomic E-state index is 0.0783. The Hall–Kier alpha value is -0.870. The smallest absolute Gasteiger partial charge is 0.215 e. The Balaban J connectivity index is 2.31. The van der Waals surface area contributed by atoms with Crippen LogP contribution in [-0.2, 0) is 0 Å². The Kier molecular flexibility index (Phi) is 3.61. The van der Waals surface area contributed by atoms with Crippen molar-refractivity contribution >= 4 is 21.6 Å². The Bertz CT molecular complexity index is 428. The molecule has 86 valence electrons. The van der Waals surface area contributed by atoms with Crippen molar-refractivity contribution in [3.8, 4) is 0 Å². The number of likely N-dealkylation sites (N-methyl/N-ethyl adjacent to an activating group) is 1. The lowest BCUT2D eigenvalue weighted by Gasteiger charge is -2.33. The summed E-state index contributed by atoms with van der Waals surface area (Å²) in [6.07, 6.45) is 0. The highest BCUT2D eigenvalue weighted by Gasteiger charge is 2.16. The van der Waals surface area contributed by atoms with Gasteiger partial charge in [0.1, 0.15) is 0 Å². The zero-order valence-corrected chi connectivity index (χ0v) is 10.9. The molecule has 0 radical (unpaired) electrons. The molecule has 16 heavy (non-hydrogen) atoms. The molecule has 1 aromatic rings. The molecular weight excluding hydrogens is 268 g/mol. The van der Waals surface area contributed by atoms with Crippen LogP contribution in [0.4, 0.5) is 5.69 Å². The molecule has 1 aliphatic heterocycles. The number of nitrogens with zero attached hydrogens (tertiary/aromatic N) is 2. The van der Waals surface area contributed by atoms with Crippen LogP contribution in [0.3, 0.4) is 0 Å². The molecule has 4 heteroatoms. The fourth-order valence-corrected chi connectivity index (χ4v) is 2.21. The van der Waals surface area contributed by atoms with Crippen LogP contribution >= 0.6 is 15.9 Å². The summed E-state index contributed by atoms with van der Waals surface area (Å²) in [5, 5.41) is 0.